The number of likely N-dealkylation sites (tertiary alicyclic amines) is 1. The van der Waals surface area contributed by atoms with Crippen molar-refractivity contribution in [2.45, 2.75) is 58.0 Å². The molecule has 32 heavy (non-hydrogen) atoms. The van der Waals surface area contributed by atoms with E-state index < -0.39 is 17.7 Å². The summed E-state index contributed by atoms with van der Waals surface area (Å²) < 4.78 is 5.38. The molecule has 1 saturated carbocycles. The van der Waals surface area contributed by atoms with Crippen molar-refractivity contribution >= 4 is 29.1 Å². The maximum Gasteiger partial charge on any atom is 0.295 e. The smallest absolute Gasteiger partial charge is 0.295 e. The molecule has 2 aromatic rings. The second-order valence-electron chi connectivity index (χ2n) is 8.69. The highest BCUT2D eigenvalue weighted by atomic mass is 35.5. The van der Waals surface area contributed by atoms with Crippen molar-refractivity contribution in [1.82, 2.24) is 4.90 Å². The van der Waals surface area contributed by atoms with Crippen molar-refractivity contribution in [3.8, 4) is 5.75 Å². The van der Waals surface area contributed by atoms with Gasteiger partial charge in [0.1, 0.15) is 11.5 Å². The first-order valence-electron chi connectivity index (χ1n) is 11.0. The molecule has 6 heteroatoms. The molecule has 1 N–H and O–H groups in total. The summed E-state index contributed by atoms with van der Waals surface area (Å²) in [6.45, 7) is 3.73. The zero-order chi connectivity index (χ0) is 23.0. The van der Waals surface area contributed by atoms with Gasteiger partial charge in [-0.3, -0.25) is 9.59 Å². The largest absolute Gasteiger partial charge is 0.507 e. The lowest BCUT2D eigenvalue weighted by Gasteiger charge is -2.35. The maximum absolute atomic E-state index is 13.3. The summed E-state index contributed by atoms with van der Waals surface area (Å²) >= 11 is 6.10. The molecule has 4 rings (SSSR count). The monoisotopic (exact) mass is 453 g/mol. The van der Waals surface area contributed by atoms with Gasteiger partial charge in [-0.2, -0.15) is 0 Å². The molecule has 0 spiro atoms. The lowest BCUT2D eigenvalue weighted by Crippen LogP contribution is -2.40. The summed E-state index contributed by atoms with van der Waals surface area (Å²) in [4.78, 5) is 28.2. The minimum atomic E-state index is -0.642. The van der Waals surface area contributed by atoms with Crippen LogP contribution in [-0.2, 0) is 9.59 Å². The van der Waals surface area contributed by atoms with Gasteiger partial charge < -0.3 is 14.7 Å². The van der Waals surface area contributed by atoms with Crippen LogP contribution in [0.5, 0.6) is 5.75 Å². The van der Waals surface area contributed by atoms with Crippen LogP contribution in [-0.4, -0.2) is 34.8 Å². The van der Waals surface area contributed by atoms with Crippen molar-refractivity contribution in [3.05, 3.63) is 69.2 Å². The molecular formula is C26H28ClNO4. The van der Waals surface area contributed by atoms with Crippen LogP contribution in [0.3, 0.4) is 0 Å². The van der Waals surface area contributed by atoms with E-state index in [9.17, 15) is 14.7 Å². The highest BCUT2D eigenvalue weighted by Crippen LogP contribution is 2.44. The standard InChI is InChI=1S/C26H28ClNO4/c1-15-14-21(32-3)16(2)13-20(15)24(29)22-23(17-9-11-18(27)12-10-17)28(26(31)25(22)30)19-7-5-4-6-8-19/h9-14,19,23,29H,4-8H2,1-3H3/b24-22+. The molecule has 1 atom stereocenters. The average Bonchev–Trinajstić information content (AvgIpc) is 3.06. The number of benzene rings is 2. The molecule has 0 bridgehead atoms. The molecular weight excluding hydrogens is 426 g/mol. The maximum atomic E-state index is 13.3. The van der Waals surface area contributed by atoms with Gasteiger partial charge in [-0.05, 0) is 67.6 Å². The molecule has 1 saturated heterocycles. The minimum absolute atomic E-state index is 0.0233. The first kappa shape index (κ1) is 22.4. The molecule has 1 unspecified atom stereocenters. The molecule has 1 amide bonds. The quantitative estimate of drug-likeness (QED) is 0.365. The molecule has 0 radical (unpaired) electrons. The van der Waals surface area contributed by atoms with E-state index in [1.54, 1.807) is 30.2 Å². The molecule has 2 aromatic carbocycles. The number of rotatable bonds is 4. The van der Waals surface area contributed by atoms with Gasteiger partial charge in [0.15, 0.2) is 0 Å². The van der Waals surface area contributed by atoms with E-state index in [0.29, 0.717) is 16.3 Å². The Bertz CT molecular complexity index is 1080. The fourth-order valence-electron chi connectivity index (χ4n) is 4.97. The predicted molar refractivity (Wildman–Crippen MR) is 125 cm³/mol. The highest BCUT2D eigenvalue weighted by molar-refractivity contribution is 6.46. The minimum Gasteiger partial charge on any atom is -0.507 e. The van der Waals surface area contributed by atoms with Gasteiger partial charge in [0.2, 0.25) is 0 Å². The second kappa shape index (κ2) is 8.99. The Hall–Kier alpha value is -2.79. The number of ether oxygens (including phenoxy) is 1. The zero-order valence-corrected chi connectivity index (χ0v) is 19.4. The number of hydrogen-bond donors (Lipinski definition) is 1. The van der Waals surface area contributed by atoms with Gasteiger partial charge in [-0.15, -0.1) is 0 Å². The van der Waals surface area contributed by atoms with E-state index in [2.05, 4.69) is 0 Å². The fourth-order valence-corrected chi connectivity index (χ4v) is 5.09. The topological polar surface area (TPSA) is 66.8 Å². The number of halogens is 1. The van der Waals surface area contributed by atoms with Crippen LogP contribution < -0.4 is 4.74 Å². The van der Waals surface area contributed by atoms with Crippen molar-refractivity contribution in [2.24, 2.45) is 0 Å². The van der Waals surface area contributed by atoms with Crippen molar-refractivity contribution in [3.63, 3.8) is 0 Å². The van der Waals surface area contributed by atoms with Crippen molar-refractivity contribution in [2.75, 3.05) is 7.11 Å². The Morgan fingerprint density at radius 3 is 2.31 bits per heavy atom. The van der Waals surface area contributed by atoms with Crippen LogP contribution >= 0.6 is 11.6 Å². The number of aliphatic hydroxyl groups excluding tert-OH is 1. The number of aliphatic hydroxyl groups is 1. The number of ketones is 1. The Labute approximate surface area is 193 Å². The van der Waals surface area contributed by atoms with Crippen LogP contribution in [0.4, 0.5) is 0 Å². The molecule has 168 valence electrons. The number of carbonyl (C=O) groups excluding carboxylic acids is 2. The van der Waals surface area contributed by atoms with E-state index >= 15 is 0 Å². The van der Waals surface area contributed by atoms with Crippen LogP contribution in [0.25, 0.3) is 5.76 Å². The molecule has 1 aliphatic heterocycles. The third-order valence-corrected chi connectivity index (χ3v) is 6.88. The number of hydrogen-bond acceptors (Lipinski definition) is 4. The molecule has 5 nitrogen and oxygen atoms in total. The van der Waals surface area contributed by atoms with Gasteiger partial charge in [0.25, 0.3) is 11.7 Å². The van der Waals surface area contributed by atoms with Crippen LogP contribution in [0, 0.1) is 13.8 Å². The Morgan fingerprint density at radius 1 is 1.03 bits per heavy atom. The Kier molecular flexibility index (Phi) is 6.29. The average molecular weight is 454 g/mol. The normalized spacial score (nSPS) is 21.2. The number of aryl methyl sites for hydroxylation is 2. The van der Waals surface area contributed by atoms with E-state index in [1.165, 1.54) is 0 Å². The number of methoxy groups -OCH3 is 1. The van der Waals surface area contributed by atoms with E-state index in [0.717, 1.165) is 48.8 Å². The summed E-state index contributed by atoms with van der Waals surface area (Å²) in [6, 6.07) is 10.1. The predicted octanol–water partition coefficient (Wildman–Crippen LogP) is 5.72. The van der Waals surface area contributed by atoms with Gasteiger partial charge in [0.05, 0.1) is 18.7 Å². The molecule has 1 aliphatic carbocycles. The number of amides is 1. The van der Waals surface area contributed by atoms with Gasteiger partial charge in [-0.25, -0.2) is 0 Å². The first-order valence-corrected chi connectivity index (χ1v) is 11.4. The summed E-state index contributed by atoms with van der Waals surface area (Å²) in [7, 11) is 1.59. The zero-order valence-electron chi connectivity index (χ0n) is 18.7. The molecule has 2 aliphatic rings. The van der Waals surface area contributed by atoms with E-state index in [4.69, 9.17) is 16.3 Å². The van der Waals surface area contributed by atoms with Gasteiger partial charge >= 0.3 is 0 Å². The highest BCUT2D eigenvalue weighted by Gasteiger charge is 2.49. The van der Waals surface area contributed by atoms with E-state index in [1.807, 2.05) is 32.0 Å². The SMILES string of the molecule is COc1cc(C)c(/C(O)=C2\C(=O)C(=O)N(C3CCCCC3)C2c2ccc(Cl)cc2)cc1C. The first-order chi connectivity index (χ1) is 15.3. The molecule has 0 aromatic heterocycles. The Morgan fingerprint density at radius 2 is 1.69 bits per heavy atom. The fraction of sp³-hybridized carbons (Fsp3) is 0.385. The lowest BCUT2D eigenvalue weighted by molar-refractivity contribution is -0.141. The van der Waals surface area contributed by atoms with Crippen molar-refractivity contribution in [1.29, 1.82) is 0 Å². The van der Waals surface area contributed by atoms with Crippen LogP contribution in [0.2, 0.25) is 5.02 Å². The molecule has 2 fully saturated rings. The van der Waals surface area contributed by atoms with E-state index in [-0.39, 0.29) is 17.4 Å². The van der Waals surface area contributed by atoms with Gasteiger partial charge in [-0.1, -0.05) is 43.0 Å². The summed E-state index contributed by atoms with van der Waals surface area (Å²) in [5.41, 5.74) is 3.04. The van der Waals surface area contributed by atoms with Crippen LogP contribution in [0.15, 0.2) is 42.0 Å². The summed E-state index contributed by atoms with van der Waals surface area (Å²) in [5.74, 6) is -0.622. The second-order valence-corrected chi connectivity index (χ2v) is 9.12. The third kappa shape index (κ3) is 3.90. The summed E-state index contributed by atoms with van der Waals surface area (Å²) in [6.07, 6.45) is 4.90. The Balaban J connectivity index is 1.90. The number of carbonyl (C=O) groups is 2. The molecule has 1 heterocycles. The van der Waals surface area contributed by atoms with Gasteiger partial charge in [0, 0.05) is 16.6 Å². The van der Waals surface area contributed by atoms with Crippen LogP contribution in [0.1, 0.15) is 60.4 Å². The number of nitrogens with zero attached hydrogens (tertiary/aromatic N) is 1. The third-order valence-electron chi connectivity index (χ3n) is 6.63. The number of Topliss-reactive ketones (excluding diaryl/α,β-unsaturated/α-hetero) is 1. The lowest BCUT2D eigenvalue weighted by atomic mass is 9.90. The van der Waals surface area contributed by atoms with Crippen molar-refractivity contribution < 1.29 is 19.4 Å². The summed E-state index contributed by atoms with van der Waals surface area (Å²) in [5, 5.41) is 12.0.